The maximum atomic E-state index is 12.9. The van der Waals surface area contributed by atoms with Gasteiger partial charge in [-0.1, -0.05) is 18.2 Å². The molecular weight excluding hydrogens is 374 g/mol. The molecule has 3 aromatic rings. The monoisotopic (exact) mass is 386 g/mol. The Bertz CT molecular complexity index is 955. The summed E-state index contributed by atoms with van der Waals surface area (Å²) in [7, 11) is 0. The Morgan fingerprint density at radius 1 is 0.926 bits per heavy atom. The summed E-state index contributed by atoms with van der Waals surface area (Å²) in [6, 6.07) is 8.02. The SMILES string of the molecule is O=C(Cc1c[nH]c2ccccc12)Nc1cc(C(F)(F)F)cc(C(F)(F)F)c1. The Morgan fingerprint density at radius 2 is 1.52 bits per heavy atom. The van der Waals surface area contributed by atoms with Crippen LogP contribution in [0.2, 0.25) is 0 Å². The fraction of sp³-hybridized carbons (Fsp3) is 0.167. The lowest BCUT2D eigenvalue weighted by atomic mass is 10.1. The van der Waals surface area contributed by atoms with Gasteiger partial charge in [-0.15, -0.1) is 0 Å². The van der Waals surface area contributed by atoms with E-state index in [1.54, 1.807) is 30.5 Å². The van der Waals surface area contributed by atoms with Crippen LogP contribution in [0.1, 0.15) is 16.7 Å². The lowest BCUT2D eigenvalue weighted by Gasteiger charge is -2.14. The van der Waals surface area contributed by atoms with Crippen molar-refractivity contribution in [1.82, 2.24) is 4.98 Å². The first kappa shape index (κ1) is 18.8. The smallest absolute Gasteiger partial charge is 0.361 e. The van der Waals surface area contributed by atoms with E-state index in [4.69, 9.17) is 0 Å². The maximum Gasteiger partial charge on any atom is 0.416 e. The molecule has 0 saturated heterocycles. The number of carbonyl (C=O) groups is 1. The molecule has 9 heteroatoms. The zero-order valence-electron chi connectivity index (χ0n) is 13.5. The van der Waals surface area contributed by atoms with E-state index in [1.807, 2.05) is 0 Å². The Balaban J connectivity index is 1.86. The molecular formula is C18H12F6N2O. The minimum absolute atomic E-state index is 0.00925. The van der Waals surface area contributed by atoms with E-state index in [0.717, 1.165) is 10.9 Å². The van der Waals surface area contributed by atoms with E-state index < -0.39 is 35.1 Å². The van der Waals surface area contributed by atoms with Crippen molar-refractivity contribution in [2.45, 2.75) is 18.8 Å². The van der Waals surface area contributed by atoms with Crippen molar-refractivity contribution in [1.29, 1.82) is 0 Å². The summed E-state index contributed by atoms with van der Waals surface area (Å²) in [5, 5.41) is 2.86. The summed E-state index contributed by atoms with van der Waals surface area (Å²) in [6.07, 6.45) is -8.59. The number of hydrogen-bond donors (Lipinski definition) is 2. The van der Waals surface area contributed by atoms with Crippen molar-refractivity contribution in [2.24, 2.45) is 0 Å². The van der Waals surface area contributed by atoms with Crippen molar-refractivity contribution >= 4 is 22.5 Å². The first-order valence-electron chi connectivity index (χ1n) is 7.68. The van der Waals surface area contributed by atoms with Crippen LogP contribution >= 0.6 is 0 Å². The third-order valence-corrected chi connectivity index (χ3v) is 3.90. The predicted octanol–water partition coefficient (Wildman–Crippen LogP) is 5.39. The van der Waals surface area contributed by atoms with E-state index in [2.05, 4.69) is 10.3 Å². The number of carbonyl (C=O) groups excluding carboxylic acids is 1. The number of nitrogens with one attached hydrogen (secondary N) is 2. The molecule has 3 nitrogen and oxygen atoms in total. The highest BCUT2D eigenvalue weighted by atomic mass is 19.4. The summed E-state index contributed by atoms with van der Waals surface area (Å²) in [4.78, 5) is 15.1. The van der Waals surface area contributed by atoms with Crippen LogP contribution in [0, 0.1) is 0 Å². The molecule has 0 unspecified atom stereocenters. The Labute approximate surface area is 149 Å². The highest BCUT2D eigenvalue weighted by Crippen LogP contribution is 2.37. The molecule has 0 fully saturated rings. The quantitative estimate of drug-likeness (QED) is 0.583. The van der Waals surface area contributed by atoms with Crippen molar-refractivity contribution in [3.05, 3.63) is 65.4 Å². The van der Waals surface area contributed by atoms with Gasteiger partial charge in [0.25, 0.3) is 0 Å². The van der Waals surface area contributed by atoms with E-state index in [0.29, 0.717) is 17.7 Å². The lowest BCUT2D eigenvalue weighted by Crippen LogP contribution is -2.17. The molecule has 0 aliphatic carbocycles. The van der Waals surface area contributed by atoms with Crippen LogP contribution in [-0.4, -0.2) is 10.9 Å². The van der Waals surface area contributed by atoms with Crippen molar-refractivity contribution in [3.63, 3.8) is 0 Å². The summed E-state index contributed by atoms with van der Waals surface area (Å²) in [5.74, 6) is -0.729. The predicted molar refractivity (Wildman–Crippen MR) is 87.1 cm³/mol. The largest absolute Gasteiger partial charge is 0.416 e. The first-order valence-corrected chi connectivity index (χ1v) is 7.68. The zero-order valence-corrected chi connectivity index (χ0v) is 13.5. The summed E-state index contributed by atoms with van der Waals surface area (Å²) < 4.78 is 77.2. The molecule has 2 N–H and O–H groups in total. The van der Waals surface area contributed by atoms with Crippen LogP contribution in [-0.2, 0) is 23.6 Å². The van der Waals surface area contributed by atoms with Crippen molar-refractivity contribution < 1.29 is 31.1 Å². The van der Waals surface area contributed by atoms with Gasteiger partial charge < -0.3 is 10.3 Å². The van der Waals surface area contributed by atoms with Crippen LogP contribution in [0.4, 0.5) is 32.0 Å². The molecule has 1 heterocycles. The number of para-hydroxylation sites is 1. The Morgan fingerprint density at radius 3 is 2.11 bits per heavy atom. The molecule has 1 aromatic heterocycles. The average molecular weight is 386 g/mol. The number of anilines is 1. The molecule has 0 aliphatic heterocycles. The van der Waals surface area contributed by atoms with Gasteiger partial charge >= 0.3 is 12.4 Å². The summed E-state index contributed by atoms with van der Waals surface area (Å²) in [5.41, 5.74) is -2.20. The highest BCUT2D eigenvalue weighted by molar-refractivity contribution is 5.95. The minimum atomic E-state index is -4.97. The topological polar surface area (TPSA) is 44.9 Å². The van der Waals surface area contributed by atoms with E-state index in [9.17, 15) is 31.1 Å². The van der Waals surface area contributed by atoms with Gasteiger partial charge in [0.1, 0.15) is 0 Å². The van der Waals surface area contributed by atoms with E-state index >= 15 is 0 Å². The molecule has 142 valence electrons. The number of amides is 1. The normalized spacial score (nSPS) is 12.4. The van der Waals surface area contributed by atoms with Gasteiger partial charge in [-0.3, -0.25) is 4.79 Å². The molecule has 0 saturated carbocycles. The van der Waals surface area contributed by atoms with Crippen molar-refractivity contribution in [2.75, 3.05) is 5.32 Å². The van der Waals surface area contributed by atoms with E-state index in [-0.39, 0.29) is 12.5 Å². The molecule has 2 aromatic carbocycles. The number of aromatic amines is 1. The first-order chi connectivity index (χ1) is 12.5. The molecule has 0 radical (unpaired) electrons. The fourth-order valence-electron chi connectivity index (χ4n) is 2.68. The van der Waals surface area contributed by atoms with Gasteiger partial charge in [-0.25, -0.2) is 0 Å². The second-order valence-corrected chi connectivity index (χ2v) is 5.88. The Kier molecular flexibility index (Phi) is 4.63. The third-order valence-electron chi connectivity index (χ3n) is 3.90. The second-order valence-electron chi connectivity index (χ2n) is 5.88. The number of rotatable bonds is 3. The van der Waals surface area contributed by atoms with Crippen LogP contribution in [0.5, 0.6) is 0 Å². The summed E-state index contributed by atoms with van der Waals surface area (Å²) >= 11 is 0. The number of halogens is 6. The molecule has 3 rings (SSSR count). The number of hydrogen-bond acceptors (Lipinski definition) is 1. The molecule has 0 spiro atoms. The minimum Gasteiger partial charge on any atom is -0.361 e. The van der Waals surface area contributed by atoms with Crippen molar-refractivity contribution in [3.8, 4) is 0 Å². The van der Waals surface area contributed by atoms with Gasteiger partial charge in [0.15, 0.2) is 0 Å². The average Bonchev–Trinajstić information content (AvgIpc) is 2.96. The fourth-order valence-corrected chi connectivity index (χ4v) is 2.68. The number of H-pyrrole nitrogens is 1. The number of aromatic nitrogens is 1. The van der Waals surface area contributed by atoms with E-state index in [1.165, 1.54) is 0 Å². The lowest BCUT2D eigenvalue weighted by molar-refractivity contribution is -0.143. The third kappa shape index (κ3) is 4.24. The maximum absolute atomic E-state index is 12.9. The van der Waals surface area contributed by atoms with Gasteiger partial charge in [-0.2, -0.15) is 26.3 Å². The van der Waals surface area contributed by atoms with Crippen LogP contribution < -0.4 is 5.32 Å². The molecule has 27 heavy (non-hydrogen) atoms. The zero-order chi connectivity index (χ0) is 19.8. The second kappa shape index (κ2) is 6.64. The number of alkyl halides is 6. The molecule has 0 aliphatic rings. The number of benzene rings is 2. The van der Waals surface area contributed by atoms with Gasteiger partial charge in [-0.05, 0) is 29.8 Å². The van der Waals surface area contributed by atoms with Gasteiger partial charge in [0.05, 0.1) is 17.5 Å². The molecule has 0 bridgehead atoms. The number of fused-ring (bicyclic) bond motifs is 1. The summed E-state index contributed by atoms with van der Waals surface area (Å²) in [6.45, 7) is 0. The molecule has 0 atom stereocenters. The molecule has 1 amide bonds. The van der Waals surface area contributed by atoms with Gasteiger partial charge in [0.2, 0.25) is 5.91 Å². The van der Waals surface area contributed by atoms with Crippen LogP contribution in [0.3, 0.4) is 0 Å². The van der Waals surface area contributed by atoms with Crippen LogP contribution in [0.25, 0.3) is 10.9 Å². The Hall–Kier alpha value is -2.97. The van der Waals surface area contributed by atoms with Crippen LogP contribution in [0.15, 0.2) is 48.7 Å². The van der Waals surface area contributed by atoms with Gasteiger partial charge in [0, 0.05) is 22.8 Å². The standard InChI is InChI=1S/C18H12F6N2O/c19-17(20,21)11-6-12(18(22,23)24)8-13(7-11)26-16(27)5-10-9-25-15-4-2-1-3-14(10)15/h1-4,6-9,25H,5H2,(H,26,27). The highest BCUT2D eigenvalue weighted by Gasteiger charge is 2.37.